The van der Waals surface area contributed by atoms with Crippen molar-refractivity contribution < 1.29 is 4.39 Å². The molecule has 0 saturated carbocycles. The van der Waals surface area contributed by atoms with Gasteiger partial charge in [0.25, 0.3) is 0 Å². The van der Waals surface area contributed by atoms with E-state index in [0.717, 1.165) is 5.69 Å². The molecule has 0 aliphatic heterocycles. The Morgan fingerprint density at radius 2 is 2.20 bits per heavy atom. The second-order valence-electron chi connectivity index (χ2n) is 2.01. The highest BCUT2D eigenvalue weighted by Crippen LogP contribution is 2.18. The quantitative estimate of drug-likeness (QED) is 0.597. The molecule has 0 heterocycles. The van der Waals surface area contributed by atoms with Crippen LogP contribution in [0.2, 0.25) is 0 Å². The Kier molecular flexibility index (Phi) is 2.48. The predicted octanol–water partition coefficient (Wildman–Crippen LogP) is 2.90. The van der Waals surface area contributed by atoms with Crippen LogP contribution in [-0.4, -0.2) is 0 Å². The lowest BCUT2D eigenvalue weighted by atomic mass is 10.2. The summed E-state index contributed by atoms with van der Waals surface area (Å²) in [6, 6.07) is 4.97. The number of halogens is 2. The molecule has 0 aliphatic carbocycles. The van der Waals surface area contributed by atoms with Crippen molar-refractivity contribution in [1.82, 2.24) is 0 Å². The first-order valence-electron chi connectivity index (χ1n) is 2.87. The first-order chi connectivity index (χ1) is 4.75. The van der Waals surface area contributed by atoms with Gasteiger partial charge in [-0.3, -0.25) is 0 Å². The van der Waals surface area contributed by atoms with E-state index in [1.54, 1.807) is 13.0 Å². The summed E-state index contributed by atoms with van der Waals surface area (Å²) < 4.78 is 15.6. The fourth-order valence-corrected chi connectivity index (χ4v) is 1.29. The van der Waals surface area contributed by atoms with Gasteiger partial charge in [-0.05, 0) is 19.1 Å². The number of benzene rings is 1. The summed E-state index contributed by atoms with van der Waals surface area (Å²) >= 11 is 1.98. The highest BCUT2D eigenvalue weighted by Gasteiger charge is 1.99. The van der Waals surface area contributed by atoms with Gasteiger partial charge in [0.2, 0.25) is 0 Å². The topological polar surface area (TPSA) is 12.0 Å². The van der Waals surface area contributed by atoms with Crippen LogP contribution in [-0.2, 0) is 0 Å². The van der Waals surface area contributed by atoms with E-state index in [1.807, 2.05) is 28.9 Å². The molecule has 0 spiro atoms. The predicted molar refractivity (Wildman–Crippen MR) is 48.8 cm³/mol. The first-order valence-corrected chi connectivity index (χ1v) is 3.95. The molecular formula is C7H7FIN. The zero-order valence-electron chi connectivity index (χ0n) is 5.49. The Labute approximate surface area is 73.1 Å². The first kappa shape index (κ1) is 7.78. The van der Waals surface area contributed by atoms with Gasteiger partial charge in [0.05, 0.1) is 22.9 Å². The van der Waals surface area contributed by atoms with Gasteiger partial charge in [-0.1, -0.05) is 6.07 Å². The third-order valence-corrected chi connectivity index (χ3v) is 1.95. The highest BCUT2D eigenvalue weighted by atomic mass is 127. The molecule has 1 aromatic rings. The number of anilines is 1. The molecule has 0 aromatic heterocycles. The van der Waals surface area contributed by atoms with Gasteiger partial charge in [0.1, 0.15) is 5.82 Å². The molecule has 0 fully saturated rings. The van der Waals surface area contributed by atoms with Crippen LogP contribution in [0.3, 0.4) is 0 Å². The summed E-state index contributed by atoms with van der Waals surface area (Å²) in [5.74, 6) is -0.165. The minimum absolute atomic E-state index is 0.165. The number of rotatable bonds is 1. The SMILES string of the molecule is Cc1c(F)cccc1NI. The maximum atomic E-state index is 12.7. The van der Waals surface area contributed by atoms with E-state index in [0.29, 0.717) is 5.56 Å². The summed E-state index contributed by atoms with van der Waals surface area (Å²) in [6.45, 7) is 1.75. The Bertz CT molecular complexity index is 237. The van der Waals surface area contributed by atoms with E-state index in [-0.39, 0.29) is 5.82 Å². The van der Waals surface area contributed by atoms with Crippen LogP contribution in [0.1, 0.15) is 5.56 Å². The Hall–Kier alpha value is -0.320. The Morgan fingerprint density at radius 3 is 2.70 bits per heavy atom. The van der Waals surface area contributed by atoms with Crippen molar-refractivity contribution in [2.45, 2.75) is 6.92 Å². The molecule has 0 bridgehead atoms. The van der Waals surface area contributed by atoms with Crippen LogP contribution in [0, 0.1) is 12.7 Å². The van der Waals surface area contributed by atoms with Crippen molar-refractivity contribution in [3.63, 3.8) is 0 Å². The molecule has 0 aliphatic rings. The maximum absolute atomic E-state index is 12.7. The molecule has 1 nitrogen and oxygen atoms in total. The average Bonchev–Trinajstić information content (AvgIpc) is 1.95. The van der Waals surface area contributed by atoms with Crippen molar-refractivity contribution in [3.8, 4) is 0 Å². The molecule has 10 heavy (non-hydrogen) atoms. The number of hydrogen-bond acceptors (Lipinski definition) is 1. The van der Waals surface area contributed by atoms with E-state index in [4.69, 9.17) is 0 Å². The summed E-state index contributed by atoms with van der Waals surface area (Å²) in [6.07, 6.45) is 0. The van der Waals surface area contributed by atoms with Crippen LogP contribution in [0.5, 0.6) is 0 Å². The van der Waals surface area contributed by atoms with E-state index in [2.05, 4.69) is 3.53 Å². The maximum Gasteiger partial charge on any atom is 0.128 e. The third kappa shape index (κ3) is 1.39. The van der Waals surface area contributed by atoms with Crippen LogP contribution in [0.4, 0.5) is 10.1 Å². The molecule has 3 heteroatoms. The summed E-state index contributed by atoms with van der Waals surface area (Å²) in [5.41, 5.74) is 1.50. The Balaban J connectivity index is 3.14. The second-order valence-corrected chi connectivity index (χ2v) is 2.55. The largest absolute Gasteiger partial charge is 0.328 e. The molecule has 0 radical (unpaired) electrons. The number of nitrogens with one attached hydrogen (secondary N) is 1. The van der Waals surface area contributed by atoms with Crippen molar-refractivity contribution in [2.75, 3.05) is 3.53 Å². The zero-order chi connectivity index (χ0) is 7.56. The van der Waals surface area contributed by atoms with Crippen LogP contribution >= 0.6 is 22.9 Å². The lowest BCUT2D eigenvalue weighted by Gasteiger charge is -2.02. The van der Waals surface area contributed by atoms with Gasteiger partial charge in [-0.25, -0.2) is 4.39 Å². The lowest BCUT2D eigenvalue weighted by Crippen LogP contribution is -1.87. The summed E-state index contributed by atoms with van der Waals surface area (Å²) in [5, 5.41) is 0. The molecular weight excluding hydrogens is 244 g/mol. The standard InChI is InChI=1S/C7H7FIN/c1-5-6(8)3-2-4-7(5)10-9/h2-4,10H,1H3. The van der Waals surface area contributed by atoms with Crippen molar-refractivity contribution >= 4 is 28.6 Å². The van der Waals surface area contributed by atoms with E-state index in [1.165, 1.54) is 6.07 Å². The normalized spacial score (nSPS) is 9.50. The zero-order valence-corrected chi connectivity index (χ0v) is 7.65. The summed E-state index contributed by atoms with van der Waals surface area (Å²) in [7, 11) is 0. The number of hydrogen-bond donors (Lipinski definition) is 1. The highest BCUT2D eigenvalue weighted by molar-refractivity contribution is 14.1. The smallest absolute Gasteiger partial charge is 0.128 e. The van der Waals surface area contributed by atoms with Gasteiger partial charge in [0.15, 0.2) is 0 Å². The van der Waals surface area contributed by atoms with Gasteiger partial charge in [-0.15, -0.1) is 0 Å². The molecule has 0 atom stereocenters. The monoisotopic (exact) mass is 251 g/mol. The third-order valence-electron chi connectivity index (χ3n) is 1.37. The van der Waals surface area contributed by atoms with Crippen LogP contribution < -0.4 is 3.53 Å². The molecule has 1 N–H and O–H groups in total. The summed E-state index contributed by atoms with van der Waals surface area (Å²) in [4.78, 5) is 0. The molecule has 1 rings (SSSR count). The van der Waals surface area contributed by atoms with Crippen LogP contribution in [0.25, 0.3) is 0 Å². The van der Waals surface area contributed by atoms with Gasteiger partial charge >= 0.3 is 0 Å². The molecule has 0 amide bonds. The van der Waals surface area contributed by atoms with Gasteiger partial charge < -0.3 is 3.53 Å². The fourth-order valence-electron chi connectivity index (χ4n) is 0.710. The second kappa shape index (κ2) is 3.18. The van der Waals surface area contributed by atoms with Crippen LogP contribution in [0.15, 0.2) is 18.2 Å². The fraction of sp³-hybridized carbons (Fsp3) is 0.143. The van der Waals surface area contributed by atoms with Crippen molar-refractivity contribution in [3.05, 3.63) is 29.6 Å². The van der Waals surface area contributed by atoms with Gasteiger partial charge in [0, 0.05) is 11.3 Å². The van der Waals surface area contributed by atoms with Gasteiger partial charge in [-0.2, -0.15) is 0 Å². The molecule has 54 valence electrons. The lowest BCUT2D eigenvalue weighted by molar-refractivity contribution is 0.619. The van der Waals surface area contributed by atoms with Crippen molar-refractivity contribution in [1.29, 1.82) is 0 Å². The van der Waals surface area contributed by atoms with E-state index < -0.39 is 0 Å². The molecule has 1 aromatic carbocycles. The van der Waals surface area contributed by atoms with E-state index >= 15 is 0 Å². The Morgan fingerprint density at radius 1 is 1.50 bits per heavy atom. The van der Waals surface area contributed by atoms with Crippen molar-refractivity contribution in [2.24, 2.45) is 0 Å². The molecule has 0 saturated heterocycles. The average molecular weight is 251 g/mol. The minimum Gasteiger partial charge on any atom is -0.328 e. The minimum atomic E-state index is -0.165. The molecule has 0 unspecified atom stereocenters. The van der Waals surface area contributed by atoms with E-state index in [9.17, 15) is 4.39 Å².